The number of amides is 1. The van der Waals surface area contributed by atoms with Gasteiger partial charge in [-0.1, -0.05) is 11.8 Å². The minimum atomic E-state index is -0.120. The monoisotopic (exact) mass is 426 g/mol. The molecule has 156 valence electrons. The molecular formula is C21H22N4O4S. The summed E-state index contributed by atoms with van der Waals surface area (Å²) in [6, 6.07) is 12.9. The van der Waals surface area contributed by atoms with Gasteiger partial charge in [-0.25, -0.2) is 0 Å². The Hall–Kier alpha value is -3.20. The largest absolute Gasteiger partial charge is 0.497 e. The molecule has 2 aromatic carbocycles. The van der Waals surface area contributed by atoms with Gasteiger partial charge in [0, 0.05) is 24.7 Å². The van der Waals surface area contributed by atoms with Crippen LogP contribution in [-0.2, 0) is 11.8 Å². The highest BCUT2D eigenvalue weighted by atomic mass is 32.2. The lowest BCUT2D eigenvalue weighted by Crippen LogP contribution is -2.14. The second-order valence-corrected chi connectivity index (χ2v) is 7.59. The summed E-state index contributed by atoms with van der Waals surface area (Å²) < 4.78 is 18.4. The highest BCUT2D eigenvalue weighted by Crippen LogP contribution is 2.34. The summed E-state index contributed by atoms with van der Waals surface area (Å²) in [5.74, 6) is 2.99. The van der Waals surface area contributed by atoms with E-state index in [4.69, 9.17) is 14.2 Å². The average molecular weight is 426 g/mol. The highest BCUT2D eigenvalue weighted by molar-refractivity contribution is 7.99. The Labute approximate surface area is 178 Å². The smallest absolute Gasteiger partial charge is 0.234 e. The third-order valence-corrected chi connectivity index (χ3v) is 5.57. The predicted molar refractivity (Wildman–Crippen MR) is 114 cm³/mol. The Morgan fingerprint density at radius 3 is 2.67 bits per heavy atom. The van der Waals surface area contributed by atoms with E-state index in [9.17, 15) is 4.79 Å². The van der Waals surface area contributed by atoms with Crippen molar-refractivity contribution in [2.45, 2.75) is 11.6 Å². The number of hydrogen-bond donors (Lipinski definition) is 1. The number of thioether (sulfide) groups is 1. The molecule has 1 aliphatic heterocycles. The van der Waals surface area contributed by atoms with Crippen molar-refractivity contribution in [1.29, 1.82) is 0 Å². The number of aromatic nitrogens is 3. The van der Waals surface area contributed by atoms with Gasteiger partial charge in [-0.3, -0.25) is 4.79 Å². The molecule has 0 saturated heterocycles. The minimum absolute atomic E-state index is 0.120. The number of ether oxygens (including phenoxy) is 3. The molecule has 0 bridgehead atoms. The SMILES string of the molecule is COc1ccc(NC(=O)CSc2nnc(-c3ccc4c(c3)OCCCO4)n2C)cc1. The second kappa shape index (κ2) is 9.08. The zero-order valence-electron chi connectivity index (χ0n) is 16.8. The maximum atomic E-state index is 12.3. The van der Waals surface area contributed by atoms with Crippen LogP contribution in [0.5, 0.6) is 17.2 Å². The summed E-state index contributed by atoms with van der Waals surface area (Å²) in [6.07, 6.45) is 0.855. The summed E-state index contributed by atoms with van der Waals surface area (Å²) in [7, 11) is 3.48. The quantitative estimate of drug-likeness (QED) is 0.605. The predicted octanol–water partition coefficient (Wildman–Crippen LogP) is 3.38. The van der Waals surface area contributed by atoms with Gasteiger partial charge >= 0.3 is 0 Å². The van der Waals surface area contributed by atoms with Crippen molar-refractivity contribution in [3.05, 3.63) is 42.5 Å². The van der Waals surface area contributed by atoms with Crippen LogP contribution in [0.1, 0.15) is 6.42 Å². The maximum absolute atomic E-state index is 12.3. The number of rotatable bonds is 6. The first kappa shape index (κ1) is 20.1. The third-order valence-electron chi connectivity index (χ3n) is 4.55. The van der Waals surface area contributed by atoms with E-state index in [2.05, 4.69) is 15.5 Å². The first-order valence-corrected chi connectivity index (χ1v) is 10.5. The summed E-state index contributed by atoms with van der Waals surface area (Å²) in [4.78, 5) is 12.3. The van der Waals surface area contributed by atoms with Gasteiger partial charge in [0.25, 0.3) is 0 Å². The van der Waals surface area contributed by atoms with Crippen molar-refractivity contribution in [1.82, 2.24) is 14.8 Å². The Kier molecular flexibility index (Phi) is 6.08. The Morgan fingerprint density at radius 1 is 1.13 bits per heavy atom. The van der Waals surface area contributed by atoms with Gasteiger partial charge < -0.3 is 24.1 Å². The topological polar surface area (TPSA) is 87.5 Å². The molecule has 1 N–H and O–H groups in total. The van der Waals surface area contributed by atoms with E-state index < -0.39 is 0 Å². The summed E-state index contributed by atoms with van der Waals surface area (Å²) in [5.41, 5.74) is 1.59. The zero-order chi connectivity index (χ0) is 20.9. The van der Waals surface area contributed by atoms with Crippen LogP contribution in [0, 0.1) is 0 Å². The third kappa shape index (κ3) is 4.51. The molecule has 8 nitrogen and oxygen atoms in total. The first-order valence-electron chi connectivity index (χ1n) is 9.50. The molecule has 1 aliphatic rings. The molecule has 0 fully saturated rings. The van der Waals surface area contributed by atoms with Crippen LogP contribution in [0.2, 0.25) is 0 Å². The molecular weight excluding hydrogens is 404 g/mol. The van der Waals surface area contributed by atoms with Crippen molar-refractivity contribution >= 4 is 23.4 Å². The molecule has 9 heteroatoms. The van der Waals surface area contributed by atoms with E-state index in [0.29, 0.717) is 35.6 Å². The van der Waals surface area contributed by atoms with Gasteiger partial charge in [0.1, 0.15) is 5.75 Å². The molecule has 0 radical (unpaired) electrons. The molecule has 0 spiro atoms. The van der Waals surface area contributed by atoms with E-state index in [1.165, 1.54) is 11.8 Å². The summed E-state index contributed by atoms with van der Waals surface area (Å²) >= 11 is 1.33. The molecule has 0 aliphatic carbocycles. The standard InChI is InChI=1S/C21H22N4O4S/c1-25-20(14-4-9-17-18(12-14)29-11-3-10-28-17)23-24-21(25)30-13-19(26)22-15-5-7-16(27-2)8-6-15/h4-9,12H,3,10-11,13H2,1-2H3,(H,22,26). The lowest BCUT2D eigenvalue weighted by atomic mass is 10.2. The van der Waals surface area contributed by atoms with Gasteiger partial charge in [0.05, 0.1) is 26.1 Å². The molecule has 1 aromatic heterocycles. The van der Waals surface area contributed by atoms with Crippen LogP contribution in [0.3, 0.4) is 0 Å². The molecule has 0 saturated carbocycles. The first-order chi connectivity index (χ1) is 14.6. The Bertz CT molecular complexity index is 1040. The molecule has 0 unspecified atom stereocenters. The molecule has 0 atom stereocenters. The van der Waals surface area contributed by atoms with Gasteiger partial charge in [-0.05, 0) is 42.5 Å². The fourth-order valence-corrected chi connectivity index (χ4v) is 3.71. The number of carbonyl (C=O) groups is 1. The van der Waals surface area contributed by atoms with Crippen molar-refractivity contribution in [3.8, 4) is 28.6 Å². The Balaban J connectivity index is 1.40. The molecule has 30 heavy (non-hydrogen) atoms. The lowest BCUT2D eigenvalue weighted by Gasteiger charge is -2.09. The number of methoxy groups -OCH3 is 1. The molecule has 1 amide bonds. The minimum Gasteiger partial charge on any atom is -0.497 e. The van der Waals surface area contributed by atoms with Crippen molar-refractivity contribution < 1.29 is 19.0 Å². The van der Waals surface area contributed by atoms with Crippen molar-refractivity contribution in [3.63, 3.8) is 0 Å². The van der Waals surface area contributed by atoms with Gasteiger partial charge in [0.15, 0.2) is 22.5 Å². The van der Waals surface area contributed by atoms with Crippen LogP contribution >= 0.6 is 11.8 Å². The number of nitrogens with one attached hydrogen (secondary N) is 1. The van der Waals surface area contributed by atoms with Crippen LogP contribution in [0.25, 0.3) is 11.4 Å². The number of carbonyl (C=O) groups excluding carboxylic acids is 1. The number of hydrogen-bond acceptors (Lipinski definition) is 7. The van der Waals surface area contributed by atoms with E-state index in [1.807, 2.05) is 29.8 Å². The van der Waals surface area contributed by atoms with Crippen molar-refractivity contribution in [2.75, 3.05) is 31.4 Å². The van der Waals surface area contributed by atoms with Crippen LogP contribution in [-0.4, -0.2) is 46.7 Å². The van der Waals surface area contributed by atoms with Crippen LogP contribution in [0.15, 0.2) is 47.6 Å². The van der Waals surface area contributed by atoms with Gasteiger partial charge in [0.2, 0.25) is 5.91 Å². The fourth-order valence-electron chi connectivity index (χ4n) is 3.00. The van der Waals surface area contributed by atoms with E-state index in [0.717, 1.165) is 23.5 Å². The summed E-state index contributed by atoms with van der Waals surface area (Å²) in [6.45, 7) is 1.27. The second-order valence-electron chi connectivity index (χ2n) is 6.64. The Morgan fingerprint density at radius 2 is 1.90 bits per heavy atom. The number of benzene rings is 2. The normalized spacial score (nSPS) is 12.9. The molecule has 4 rings (SSSR count). The summed E-state index contributed by atoms with van der Waals surface area (Å²) in [5, 5.41) is 12.0. The average Bonchev–Trinajstić information content (AvgIpc) is 2.97. The highest BCUT2D eigenvalue weighted by Gasteiger charge is 2.16. The van der Waals surface area contributed by atoms with Crippen molar-refractivity contribution in [2.24, 2.45) is 7.05 Å². The number of anilines is 1. The van der Waals surface area contributed by atoms with E-state index in [-0.39, 0.29) is 11.7 Å². The van der Waals surface area contributed by atoms with Crippen LogP contribution in [0.4, 0.5) is 5.69 Å². The van der Waals surface area contributed by atoms with Gasteiger partial charge in [-0.2, -0.15) is 0 Å². The molecule has 2 heterocycles. The van der Waals surface area contributed by atoms with Crippen LogP contribution < -0.4 is 19.5 Å². The number of fused-ring (bicyclic) bond motifs is 1. The van der Waals surface area contributed by atoms with Gasteiger partial charge in [-0.15, -0.1) is 10.2 Å². The lowest BCUT2D eigenvalue weighted by molar-refractivity contribution is -0.113. The number of nitrogens with zero attached hydrogens (tertiary/aromatic N) is 3. The van der Waals surface area contributed by atoms with E-state index >= 15 is 0 Å². The fraction of sp³-hybridized carbons (Fsp3) is 0.286. The van der Waals surface area contributed by atoms with E-state index in [1.54, 1.807) is 31.4 Å². The maximum Gasteiger partial charge on any atom is 0.234 e. The molecule has 3 aromatic rings. The zero-order valence-corrected chi connectivity index (χ0v) is 17.6.